The van der Waals surface area contributed by atoms with Crippen molar-refractivity contribution in [3.63, 3.8) is 0 Å². The van der Waals surface area contributed by atoms with Crippen LogP contribution in [-0.2, 0) is 23.4 Å². The molecule has 202 valence electrons. The predicted octanol–water partition coefficient (Wildman–Crippen LogP) is 0.637. The van der Waals surface area contributed by atoms with Gasteiger partial charge < -0.3 is 19.1 Å². The third kappa shape index (κ3) is 6.70. The molecule has 16 heteroatoms. The van der Waals surface area contributed by atoms with Gasteiger partial charge >= 0.3 is 19.4 Å². The molecule has 0 saturated carbocycles. The van der Waals surface area contributed by atoms with Gasteiger partial charge in [0.05, 0.1) is 24.1 Å². The molecule has 1 saturated heterocycles. The SMILES string of the molecule is B[C@]1(Cl)[C@H](O)[C@@H](COP(=O)(NC(C)(C)C(=O)OCC)Oc2ccc(F)cc2)O[C@H]1n1ccc(=O)[nH]c1=O. The number of aliphatic hydroxyl groups is 1. The Hall–Kier alpha value is -2.48. The molecule has 1 aromatic carbocycles. The van der Waals surface area contributed by atoms with Crippen molar-refractivity contribution in [1.29, 1.82) is 0 Å². The number of carbonyl (C=O) groups is 1. The summed E-state index contributed by atoms with van der Waals surface area (Å²) in [7, 11) is -2.99. The molecule has 2 heterocycles. The van der Waals surface area contributed by atoms with E-state index in [-0.39, 0.29) is 12.4 Å². The van der Waals surface area contributed by atoms with Crippen molar-refractivity contribution < 1.29 is 37.4 Å². The molecule has 3 rings (SSSR count). The highest BCUT2D eigenvalue weighted by molar-refractivity contribution is 7.52. The Labute approximate surface area is 217 Å². The monoisotopic (exact) mass is 561 g/mol. The van der Waals surface area contributed by atoms with E-state index in [1.807, 2.05) is 0 Å². The summed E-state index contributed by atoms with van der Waals surface area (Å²) in [5, 5.41) is 13.3. The summed E-state index contributed by atoms with van der Waals surface area (Å²) in [6.07, 6.45) is -2.73. The molecule has 0 amide bonds. The average molecular weight is 562 g/mol. The maximum absolute atomic E-state index is 13.7. The molecule has 0 spiro atoms. The van der Waals surface area contributed by atoms with E-state index in [1.54, 1.807) is 6.92 Å². The number of aromatic amines is 1. The molecule has 3 N–H and O–H groups in total. The Kier molecular flexibility index (Phi) is 8.73. The summed E-state index contributed by atoms with van der Waals surface area (Å²) >= 11 is 6.51. The minimum absolute atomic E-state index is 0.0374. The number of hydrogen-bond donors (Lipinski definition) is 3. The van der Waals surface area contributed by atoms with E-state index in [1.165, 1.54) is 33.8 Å². The summed E-state index contributed by atoms with van der Waals surface area (Å²) in [5.74, 6) is -1.34. The lowest BCUT2D eigenvalue weighted by Crippen LogP contribution is -2.47. The lowest BCUT2D eigenvalue weighted by molar-refractivity contribution is -0.149. The molecule has 1 unspecified atom stereocenters. The molecule has 1 aliphatic heterocycles. The Morgan fingerprint density at radius 2 is 2.00 bits per heavy atom. The number of hydrogen-bond acceptors (Lipinski definition) is 9. The van der Waals surface area contributed by atoms with Crippen LogP contribution in [0.15, 0.2) is 46.1 Å². The smallest absolute Gasteiger partial charge is 0.459 e. The number of aliphatic hydroxyl groups excluding tert-OH is 1. The van der Waals surface area contributed by atoms with Crippen LogP contribution in [0.1, 0.15) is 27.0 Å². The van der Waals surface area contributed by atoms with E-state index in [2.05, 4.69) is 10.1 Å². The maximum atomic E-state index is 13.7. The lowest BCUT2D eigenvalue weighted by atomic mass is 9.79. The molecule has 5 atom stereocenters. The highest BCUT2D eigenvalue weighted by Gasteiger charge is 2.54. The van der Waals surface area contributed by atoms with Gasteiger partial charge in [-0.1, -0.05) is 0 Å². The number of nitrogens with one attached hydrogen (secondary N) is 2. The van der Waals surface area contributed by atoms with E-state index in [9.17, 15) is 28.4 Å². The number of alkyl halides is 1. The third-order valence-electron chi connectivity index (χ3n) is 5.47. The number of H-pyrrole nitrogens is 1. The standard InChI is InChI=1S/C21H27BClFN3O9P/c1-4-33-18(30)20(2,3)26-37(32,36-13-7-5-12(24)6-8-13)34-11-14-16(29)21(22,23)17(35-14)27-10-9-15(28)25-19(27)31/h5-10,14,16-17,29H,4,11,22H2,1-3H3,(H,26,32)(H,25,28,31)/t14-,16-,17-,21+,37?/m1/s1. The zero-order valence-corrected chi connectivity index (χ0v) is 22.1. The van der Waals surface area contributed by atoms with Gasteiger partial charge in [0.15, 0.2) is 6.23 Å². The second-order valence-corrected chi connectivity index (χ2v) is 11.4. The van der Waals surface area contributed by atoms with Gasteiger partial charge in [0.25, 0.3) is 5.56 Å². The van der Waals surface area contributed by atoms with E-state index in [0.29, 0.717) is 0 Å². The van der Waals surface area contributed by atoms with Crippen molar-refractivity contribution in [2.75, 3.05) is 13.2 Å². The second-order valence-electron chi connectivity index (χ2n) is 8.94. The normalized spacial score (nSPS) is 25.4. The van der Waals surface area contributed by atoms with Crippen LogP contribution in [0.2, 0.25) is 0 Å². The Bertz CT molecular complexity index is 1290. The number of aromatic nitrogens is 2. The molecule has 1 fully saturated rings. The molecule has 1 aromatic heterocycles. The first-order valence-corrected chi connectivity index (χ1v) is 13.1. The first-order valence-electron chi connectivity index (χ1n) is 11.2. The average Bonchev–Trinajstić information content (AvgIpc) is 3.02. The van der Waals surface area contributed by atoms with Gasteiger partial charge in [0.2, 0.25) is 0 Å². The van der Waals surface area contributed by atoms with Crippen molar-refractivity contribution in [1.82, 2.24) is 14.6 Å². The van der Waals surface area contributed by atoms with Crippen LogP contribution < -0.4 is 20.9 Å². The Morgan fingerprint density at radius 1 is 1.35 bits per heavy atom. The van der Waals surface area contributed by atoms with Crippen molar-refractivity contribution in [3.05, 3.63) is 63.2 Å². The minimum atomic E-state index is -4.41. The van der Waals surface area contributed by atoms with Crippen LogP contribution in [0.5, 0.6) is 5.75 Å². The van der Waals surface area contributed by atoms with Gasteiger partial charge in [0.1, 0.15) is 31.1 Å². The summed E-state index contributed by atoms with van der Waals surface area (Å²) in [5.41, 5.74) is -3.00. The van der Waals surface area contributed by atoms with Crippen LogP contribution >= 0.6 is 19.3 Å². The Morgan fingerprint density at radius 3 is 2.59 bits per heavy atom. The van der Waals surface area contributed by atoms with Crippen LogP contribution in [0, 0.1) is 5.82 Å². The molecule has 1 aliphatic rings. The van der Waals surface area contributed by atoms with Gasteiger partial charge in [-0.15, -0.1) is 11.6 Å². The van der Waals surface area contributed by atoms with Crippen molar-refractivity contribution in [3.8, 4) is 5.75 Å². The molecular weight excluding hydrogens is 534 g/mol. The lowest BCUT2D eigenvalue weighted by Gasteiger charge is -2.30. The maximum Gasteiger partial charge on any atom is 0.459 e. The predicted molar refractivity (Wildman–Crippen MR) is 133 cm³/mol. The molecule has 2 aromatic rings. The fourth-order valence-electron chi connectivity index (χ4n) is 3.55. The van der Waals surface area contributed by atoms with Crippen LogP contribution in [0.3, 0.4) is 0 Å². The van der Waals surface area contributed by atoms with E-state index in [4.69, 9.17) is 30.1 Å². The van der Waals surface area contributed by atoms with Gasteiger partial charge in [-0.2, -0.15) is 5.09 Å². The largest absolute Gasteiger partial charge is 0.465 e. The number of esters is 1. The number of ether oxygens (including phenoxy) is 2. The third-order valence-corrected chi connectivity index (χ3v) is 7.65. The van der Waals surface area contributed by atoms with Gasteiger partial charge in [-0.25, -0.2) is 13.8 Å². The zero-order chi connectivity index (χ0) is 27.6. The number of carbonyl (C=O) groups excluding carboxylic acids is 1. The molecule has 0 aliphatic carbocycles. The number of benzene rings is 1. The summed E-state index contributed by atoms with van der Waals surface area (Å²) in [4.78, 5) is 38.1. The van der Waals surface area contributed by atoms with Gasteiger partial charge in [0, 0.05) is 12.3 Å². The molecular formula is C21H27BClFN3O9P. The highest BCUT2D eigenvalue weighted by Crippen LogP contribution is 2.48. The van der Waals surface area contributed by atoms with Gasteiger partial charge in [-0.05, 0) is 45.0 Å². The van der Waals surface area contributed by atoms with Crippen molar-refractivity contribution in [2.24, 2.45) is 0 Å². The van der Waals surface area contributed by atoms with E-state index in [0.717, 1.165) is 29.0 Å². The van der Waals surface area contributed by atoms with Crippen LogP contribution in [0.25, 0.3) is 0 Å². The van der Waals surface area contributed by atoms with Crippen LogP contribution in [0.4, 0.5) is 4.39 Å². The fraction of sp³-hybridized carbons (Fsp3) is 0.476. The van der Waals surface area contributed by atoms with Crippen molar-refractivity contribution >= 4 is 33.2 Å². The minimum Gasteiger partial charge on any atom is -0.465 e. The van der Waals surface area contributed by atoms with E-state index < -0.39 is 66.1 Å². The Balaban J connectivity index is 1.85. The quantitative estimate of drug-likeness (QED) is 0.163. The summed E-state index contributed by atoms with van der Waals surface area (Å²) in [6.45, 7) is 3.89. The first kappa shape index (κ1) is 29.1. The van der Waals surface area contributed by atoms with Crippen LogP contribution in [-0.4, -0.2) is 64.2 Å². The summed E-state index contributed by atoms with van der Waals surface area (Å²) in [6, 6.07) is 5.65. The van der Waals surface area contributed by atoms with E-state index >= 15 is 0 Å². The topological polar surface area (TPSA) is 158 Å². The first-order chi connectivity index (χ1) is 17.2. The number of rotatable bonds is 10. The zero-order valence-electron chi connectivity index (χ0n) is 20.5. The van der Waals surface area contributed by atoms with Gasteiger partial charge in [-0.3, -0.25) is 23.7 Å². The molecule has 0 radical (unpaired) electrons. The second kappa shape index (κ2) is 11.1. The molecule has 37 heavy (non-hydrogen) atoms. The summed E-state index contributed by atoms with van der Waals surface area (Å²) < 4.78 is 48.3. The fourth-order valence-corrected chi connectivity index (χ4v) is 5.53. The number of halogens is 2. The van der Waals surface area contributed by atoms with Crippen molar-refractivity contribution in [2.45, 2.75) is 49.5 Å². The molecule has 12 nitrogen and oxygen atoms in total. The highest BCUT2D eigenvalue weighted by atomic mass is 35.5. The number of nitrogens with zero attached hydrogens (tertiary/aromatic N) is 1. The molecule has 0 bridgehead atoms.